The highest BCUT2D eigenvalue weighted by atomic mass is 35.5. The van der Waals surface area contributed by atoms with Gasteiger partial charge in [-0.05, 0) is 24.3 Å². The normalized spacial score (nSPS) is 11.2. The Morgan fingerprint density at radius 2 is 1.60 bits per heavy atom. The molecule has 0 aliphatic carbocycles. The van der Waals surface area contributed by atoms with Crippen LogP contribution < -0.4 is 5.32 Å². The molecule has 0 heterocycles. The third kappa shape index (κ3) is 3.11. The Morgan fingerprint density at radius 3 is 2.25 bits per heavy atom. The zero-order valence-corrected chi connectivity index (χ0v) is 10.8. The SMILES string of the molecule is O=C(Nc1ccccc1C(F)(F)F)c1ccccc1Cl. The highest BCUT2D eigenvalue weighted by Gasteiger charge is 2.33. The first-order valence-corrected chi connectivity index (χ1v) is 5.99. The third-order valence-electron chi connectivity index (χ3n) is 2.60. The van der Waals surface area contributed by atoms with E-state index in [9.17, 15) is 18.0 Å². The van der Waals surface area contributed by atoms with Gasteiger partial charge in [-0.1, -0.05) is 35.9 Å². The molecular weight excluding hydrogens is 291 g/mol. The predicted octanol–water partition coefficient (Wildman–Crippen LogP) is 4.61. The van der Waals surface area contributed by atoms with Gasteiger partial charge in [-0.15, -0.1) is 0 Å². The Bertz CT molecular complexity index is 640. The van der Waals surface area contributed by atoms with Crippen molar-refractivity contribution < 1.29 is 18.0 Å². The largest absolute Gasteiger partial charge is 0.418 e. The average molecular weight is 300 g/mol. The molecular formula is C14H9ClF3NO. The van der Waals surface area contributed by atoms with Crippen molar-refractivity contribution in [2.45, 2.75) is 6.18 Å². The fourth-order valence-corrected chi connectivity index (χ4v) is 1.90. The van der Waals surface area contributed by atoms with Crippen LogP contribution in [0.5, 0.6) is 0 Å². The van der Waals surface area contributed by atoms with Gasteiger partial charge < -0.3 is 5.32 Å². The lowest BCUT2D eigenvalue weighted by Crippen LogP contribution is -2.16. The minimum Gasteiger partial charge on any atom is -0.321 e. The van der Waals surface area contributed by atoms with Crippen LogP contribution in [0.25, 0.3) is 0 Å². The maximum Gasteiger partial charge on any atom is 0.418 e. The summed E-state index contributed by atoms with van der Waals surface area (Å²) < 4.78 is 38.4. The van der Waals surface area contributed by atoms with E-state index < -0.39 is 17.6 Å². The van der Waals surface area contributed by atoms with Crippen molar-refractivity contribution in [1.29, 1.82) is 0 Å². The summed E-state index contributed by atoms with van der Waals surface area (Å²) >= 11 is 5.83. The van der Waals surface area contributed by atoms with Crippen molar-refractivity contribution in [3.8, 4) is 0 Å². The second kappa shape index (κ2) is 5.54. The number of hydrogen-bond acceptors (Lipinski definition) is 1. The standard InChI is InChI=1S/C14H9ClF3NO/c15-11-7-3-1-5-9(11)13(20)19-12-8-4-2-6-10(12)14(16,17)18/h1-8H,(H,19,20). The summed E-state index contributed by atoms with van der Waals surface area (Å²) in [5.74, 6) is -0.688. The van der Waals surface area contributed by atoms with E-state index in [1.54, 1.807) is 12.1 Å². The van der Waals surface area contributed by atoms with E-state index in [1.165, 1.54) is 30.3 Å². The molecule has 0 aromatic heterocycles. The molecule has 104 valence electrons. The van der Waals surface area contributed by atoms with Crippen molar-refractivity contribution in [3.05, 3.63) is 64.7 Å². The van der Waals surface area contributed by atoms with Crippen LogP contribution in [-0.4, -0.2) is 5.91 Å². The predicted molar refractivity (Wildman–Crippen MR) is 70.8 cm³/mol. The molecule has 2 aromatic carbocycles. The highest BCUT2D eigenvalue weighted by Crippen LogP contribution is 2.34. The lowest BCUT2D eigenvalue weighted by Gasteiger charge is -2.13. The number of para-hydroxylation sites is 1. The van der Waals surface area contributed by atoms with Gasteiger partial charge >= 0.3 is 6.18 Å². The number of carbonyl (C=O) groups is 1. The maximum absolute atomic E-state index is 12.8. The smallest absolute Gasteiger partial charge is 0.321 e. The van der Waals surface area contributed by atoms with Crippen LogP contribution in [0.2, 0.25) is 5.02 Å². The van der Waals surface area contributed by atoms with E-state index in [0.29, 0.717) is 0 Å². The summed E-state index contributed by atoms with van der Waals surface area (Å²) in [5.41, 5.74) is -1.09. The van der Waals surface area contributed by atoms with Gasteiger partial charge in [0.05, 0.1) is 21.8 Å². The third-order valence-corrected chi connectivity index (χ3v) is 2.93. The highest BCUT2D eigenvalue weighted by molar-refractivity contribution is 6.34. The molecule has 0 spiro atoms. The molecule has 0 radical (unpaired) electrons. The van der Waals surface area contributed by atoms with Crippen molar-refractivity contribution in [2.75, 3.05) is 5.32 Å². The summed E-state index contributed by atoms with van der Waals surface area (Å²) in [6, 6.07) is 10.9. The van der Waals surface area contributed by atoms with Crippen LogP contribution in [-0.2, 0) is 6.18 Å². The molecule has 0 aliphatic rings. The summed E-state index contributed by atoms with van der Waals surface area (Å²) in [5, 5.41) is 2.41. The number of amides is 1. The molecule has 1 N–H and O–H groups in total. The van der Waals surface area contributed by atoms with E-state index in [0.717, 1.165) is 6.07 Å². The maximum atomic E-state index is 12.8. The van der Waals surface area contributed by atoms with Crippen molar-refractivity contribution in [3.63, 3.8) is 0 Å². The number of rotatable bonds is 2. The van der Waals surface area contributed by atoms with E-state index in [-0.39, 0.29) is 16.3 Å². The van der Waals surface area contributed by atoms with Crippen LogP contribution in [0.15, 0.2) is 48.5 Å². The summed E-state index contributed by atoms with van der Waals surface area (Å²) in [6.07, 6.45) is -4.54. The minimum absolute atomic E-state index is 0.117. The Hall–Kier alpha value is -2.01. The van der Waals surface area contributed by atoms with Gasteiger partial charge in [-0.25, -0.2) is 0 Å². The van der Waals surface area contributed by atoms with Crippen LogP contribution in [0.3, 0.4) is 0 Å². The fourth-order valence-electron chi connectivity index (χ4n) is 1.67. The fraction of sp³-hybridized carbons (Fsp3) is 0.0714. The molecule has 20 heavy (non-hydrogen) atoms. The Kier molecular flexibility index (Phi) is 3.99. The molecule has 1 amide bonds. The van der Waals surface area contributed by atoms with E-state index in [4.69, 9.17) is 11.6 Å². The van der Waals surface area contributed by atoms with Crippen LogP contribution in [0, 0.1) is 0 Å². The molecule has 6 heteroatoms. The Balaban J connectivity index is 2.32. The van der Waals surface area contributed by atoms with Gasteiger partial charge in [0, 0.05) is 0 Å². The number of benzene rings is 2. The second-order valence-electron chi connectivity index (χ2n) is 3.98. The first-order chi connectivity index (χ1) is 9.39. The molecule has 0 fully saturated rings. The average Bonchev–Trinajstić information content (AvgIpc) is 2.38. The van der Waals surface area contributed by atoms with Gasteiger partial charge in [0.1, 0.15) is 0 Å². The zero-order valence-electron chi connectivity index (χ0n) is 10.0. The van der Waals surface area contributed by atoms with Crippen molar-refractivity contribution in [1.82, 2.24) is 0 Å². The number of carbonyl (C=O) groups excluding carboxylic acids is 1. The molecule has 2 rings (SSSR count). The molecule has 0 unspecified atom stereocenters. The quantitative estimate of drug-likeness (QED) is 0.862. The molecule has 0 atom stereocenters. The molecule has 0 aliphatic heterocycles. The number of anilines is 1. The molecule has 0 saturated carbocycles. The van der Waals surface area contributed by atoms with Gasteiger partial charge in [0.25, 0.3) is 5.91 Å². The molecule has 2 aromatic rings. The molecule has 0 bridgehead atoms. The van der Waals surface area contributed by atoms with Crippen LogP contribution in [0.1, 0.15) is 15.9 Å². The first-order valence-electron chi connectivity index (χ1n) is 5.61. The van der Waals surface area contributed by atoms with Crippen LogP contribution in [0.4, 0.5) is 18.9 Å². The topological polar surface area (TPSA) is 29.1 Å². The molecule has 0 saturated heterocycles. The summed E-state index contributed by atoms with van der Waals surface area (Å²) in [4.78, 5) is 12.0. The van der Waals surface area contributed by atoms with Crippen molar-refractivity contribution in [2.24, 2.45) is 0 Å². The molecule has 2 nitrogen and oxygen atoms in total. The van der Waals surface area contributed by atoms with Crippen molar-refractivity contribution >= 4 is 23.2 Å². The minimum atomic E-state index is -4.54. The monoisotopic (exact) mass is 299 g/mol. The number of alkyl halides is 3. The Labute approximate surface area is 118 Å². The lowest BCUT2D eigenvalue weighted by molar-refractivity contribution is -0.136. The lowest BCUT2D eigenvalue weighted by atomic mass is 10.1. The number of halogens is 4. The number of hydrogen-bond donors (Lipinski definition) is 1. The van der Waals surface area contributed by atoms with Gasteiger partial charge in [-0.2, -0.15) is 13.2 Å². The summed E-state index contributed by atoms with van der Waals surface area (Å²) in [6.45, 7) is 0. The van der Waals surface area contributed by atoms with E-state index >= 15 is 0 Å². The van der Waals surface area contributed by atoms with E-state index in [1.807, 2.05) is 0 Å². The zero-order chi connectivity index (χ0) is 14.8. The van der Waals surface area contributed by atoms with Gasteiger partial charge in [-0.3, -0.25) is 4.79 Å². The van der Waals surface area contributed by atoms with Gasteiger partial charge in [0.15, 0.2) is 0 Å². The number of nitrogens with one attached hydrogen (secondary N) is 1. The van der Waals surface area contributed by atoms with Crippen LogP contribution >= 0.6 is 11.6 Å². The van der Waals surface area contributed by atoms with Gasteiger partial charge in [0.2, 0.25) is 0 Å². The first kappa shape index (κ1) is 14.4. The summed E-state index contributed by atoms with van der Waals surface area (Å²) in [7, 11) is 0. The Morgan fingerprint density at radius 1 is 1.00 bits per heavy atom. The van der Waals surface area contributed by atoms with E-state index in [2.05, 4.69) is 5.32 Å². The second-order valence-corrected chi connectivity index (χ2v) is 4.38.